The lowest BCUT2D eigenvalue weighted by Gasteiger charge is -2.32. The lowest BCUT2D eigenvalue weighted by Crippen LogP contribution is -2.42. The first-order chi connectivity index (χ1) is 10.7. The van der Waals surface area contributed by atoms with Gasteiger partial charge in [-0.1, -0.05) is 6.92 Å². The van der Waals surface area contributed by atoms with Crippen LogP contribution in [-0.4, -0.2) is 18.1 Å². The first-order valence-corrected chi connectivity index (χ1v) is 8.55. The predicted octanol–water partition coefficient (Wildman–Crippen LogP) is 3.66. The number of nitrogens with one attached hydrogen (secondary N) is 1. The third-order valence-electron chi connectivity index (χ3n) is 3.90. The van der Waals surface area contributed by atoms with E-state index in [0.717, 1.165) is 59.1 Å². The van der Waals surface area contributed by atoms with Crippen LogP contribution in [-0.2, 0) is 6.42 Å². The van der Waals surface area contributed by atoms with Crippen molar-refractivity contribution in [2.24, 2.45) is 0 Å². The van der Waals surface area contributed by atoms with Crippen LogP contribution in [0.2, 0.25) is 0 Å². The van der Waals surface area contributed by atoms with Gasteiger partial charge in [-0.3, -0.25) is 0 Å². The molecule has 0 unspecified atom stereocenters. The van der Waals surface area contributed by atoms with E-state index in [1.54, 1.807) is 11.3 Å². The average Bonchev–Trinajstić information content (AvgIpc) is 2.97. The Morgan fingerprint density at radius 3 is 3.00 bits per heavy atom. The Kier molecular flexibility index (Phi) is 4.41. The standard InChI is InChI=1S/C17H20N4S/c1-3-6-20-21-7-4-5-13-8-15(14(10-18)9-16(13)21)17-11-19-12(2)22-17/h8-9,11,20H,3-7H2,1-2H3. The number of benzene rings is 1. The van der Waals surface area contributed by atoms with Crippen molar-refractivity contribution in [3.05, 3.63) is 34.5 Å². The minimum atomic E-state index is 0.729. The van der Waals surface area contributed by atoms with Gasteiger partial charge in [-0.05, 0) is 43.9 Å². The molecule has 0 radical (unpaired) electrons. The minimum Gasteiger partial charge on any atom is -0.308 e. The molecule has 1 N–H and O–H groups in total. The van der Waals surface area contributed by atoms with E-state index in [0.29, 0.717) is 0 Å². The largest absolute Gasteiger partial charge is 0.308 e. The fourth-order valence-corrected chi connectivity index (χ4v) is 3.63. The highest BCUT2D eigenvalue weighted by molar-refractivity contribution is 7.15. The monoisotopic (exact) mass is 312 g/mol. The normalized spacial score (nSPS) is 13.8. The van der Waals surface area contributed by atoms with E-state index in [2.05, 4.69) is 34.5 Å². The van der Waals surface area contributed by atoms with Gasteiger partial charge >= 0.3 is 0 Å². The lowest BCUT2D eigenvalue weighted by atomic mass is 9.96. The van der Waals surface area contributed by atoms with E-state index in [-0.39, 0.29) is 0 Å². The molecule has 5 heteroatoms. The molecule has 0 spiro atoms. The molecule has 3 rings (SSSR count). The zero-order valence-electron chi connectivity index (χ0n) is 13.0. The van der Waals surface area contributed by atoms with Crippen LogP contribution in [0.1, 0.15) is 35.9 Å². The molecular weight excluding hydrogens is 292 g/mol. The van der Waals surface area contributed by atoms with E-state index < -0.39 is 0 Å². The summed E-state index contributed by atoms with van der Waals surface area (Å²) in [6.45, 7) is 6.11. The molecule has 0 amide bonds. The fraction of sp³-hybridized carbons (Fsp3) is 0.412. The summed E-state index contributed by atoms with van der Waals surface area (Å²) in [4.78, 5) is 5.40. The van der Waals surface area contributed by atoms with Crippen molar-refractivity contribution in [2.75, 3.05) is 18.1 Å². The summed E-state index contributed by atoms with van der Waals surface area (Å²) in [5.41, 5.74) is 7.67. The van der Waals surface area contributed by atoms with E-state index >= 15 is 0 Å². The van der Waals surface area contributed by atoms with Gasteiger partial charge in [0, 0.05) is 24.8 Å². The van der Waals surface area contributed by atoms with Crippen LogP contribution in [0, 0.1) is 18.3 Å². The quantitative estimate of drug-likeness (QED) is 0.936. The summed E-state index contributed by atoms with van der Waals surface area (Å²) in [7, 11) is 0. The topological polar surface area (TPSA) is 52.0 Å². The van der Waals surface area contributed by atoms with Crippen molar-refractivity contribution in [1.82, 2.24) is 10.4 Å². The van der Waals surface area contributed by atoms with E-state index in [1.807, 2.05) is 19.2 Å². The highest BCUT2D eigenvalue weighted by atomic mass is 32.1. The molecule has 0 saturated heterocycles. The zero-order chi connectivity index (χ0) is 15.5. The molecule has 2 heterocycles. The van der Waals surface area contributed by atoms with Crippen LogP contribution < -0.4 is 10.4 Å². The number of nitriles is 1. The van der Waals surface area contributed by atoms with E-state index in [4.69, 9.17) is 0 Å². The van der Waals surface area contributed by atoms with Crippen LogP contribution in [0.25, 0.3) is 10.4 Å². The van der Waals surface area contributed by atoms with E-state index in [9.17, 15) is 5.26 Å². The first-order valence-electron chi connectivity index (χ1n) is 7.73. The van der Waals surface area contributed by atoms with Crippen molar-refractivity contribution < 1.29 is 0 Å². The number of aromatic nitrogens is 1. The summed E-state index contributed by atoms with van der Waals surface area (Å²) in [6.07, 6.45) is 5.17. The van der Waals surface area contributed by atoms with Crippen LogP contribution in [0.3, 0.4) is 0 Å². The van der Waals surface area contributed by atoms with Crippen LogP contribution in [0.4, 0.5) is 5.69 Å². The summed E-state index contributed by atoms with van der Waals surface area (Å²) in [6, 6.07) is 6.57. The molecule has 1 aliphatic rings. The Balaban J connectivity index is 2.03. The van der Waals surface area contributed by atoms with Gasteiger partial charge in [0.05, 0.1) is 27.2 Å². The maximum atomic E-state index is 9.55. The highest BCUT2D eigenvalue weighted by Crippen LogP contribution is 2.35. The number of rotatable bonds is 4. The molecule has 0 fully saturated rings. The third kappa shape index (κ3) is 2.85. The number of anilines is 1. The second-order valence-corrected chi connectivity index (χ2v) is 6.78. The summed E-state index contributed by atoms with van der Waals surface area (Å²) < 4.78 is 0. The number of thiazole rings is 1. The Morgan fingerprint density at radius 2 is 2.32 bits per heavy atom. The van der Waals surface area contributed by atoms with Crippen molar-refractivity contribution >= 4 is 17.0 Å². The molecule has 1 aliphatic heterocycles. The summed E-state index contributed by atoms with van der Waals surface area (Å²) in [5, 5.41) is 12.8. The molecule has 0 atom stereocenters. The van der Waals surface area contributed by atoms with Gasteiger partial charge in [-0.2, -0.15) is 5.26 Å². The number of fused-ring (bicyclic) bond motifs is 1. The minimum absolute atomic E-state index is 0.729. The zero-order valence-corrected chi connectivity index (χ0v) is 13.8. The molecule has 114 valence electrons. The third-order valence-corrected chi connectivity index (χ3v) is 4.84. The second kappa shape index (κ2) is 6.47. The molecule has 2 aromatic rings. The molecule has 22 heavy (non-hydrogen) atoms. The van der Waals surface area contributed by atoms with Crippen molar-refractivity contribution in [3.8, 4) is 16.5 Å². The molecule has 4 nitrogen and oxygen atoms in total. The molecule has 0 aliphatic carbocycles. The van der Waals surface area contributed by atoms with Gasteiger partial charge in [-0.25, -0.2) is 10.4 Å². The average molecular weight is 312 g/mol. The molecule has 0 bridgehead atoms. The highest BCUT2D eigenvalue weighted by Gasteiger charge is 2.20. The Labute approximate surface area is 135 Å². The van der Waals surface area contributed by atoms with Gasteiger partial charge in [-0.15, -0.1) is 11.3 Å². The number of hydrazine groups is 1. The number of nitrogens with zero attached hydrogens (tertiary/aromatic N) is 3. The smallest absolute Gasteiger partial charge is 0.0999 e. The van der Waals surface area contributed by atoms with Crippen LogP contribution in [0.15, 0.2) is 18.3 Å². The predicted molar refractivity (Wildman–Crippen MR) is 91.0 cm³/mol. The summed E-state index contributed by atoms with van der Waals surface area (Å²) >= 11 is 1.64. The maximum absolute atomic E-state index is 9.55. The van der Waals surface area contributed by atoms with Gasteiger partial charge in [0.25, 0.3) is 0 Å². The number of hydrogen-bond donors (Lipinski definition) is 1. The molecule has 0 saturated carbocycles. The first kappa shape index (κ1) is 15.0. The van der Waals surface area contributed by atoms with Gasteiger partial charge in [0.2, 0.25) is 0 Å². The Morgan fingerprint density at radius 1 is 1.45 bits per heavy atom. The van der Waals surface area contributed by atoms with Crippen LogP contribution in [0.5, 0.6) is 0 Å². The number of hydrogen-bond acceptors (Lipinski definition) is 5. The SMILES string of the molecule is CCCNN1CCCc2cc(-c3cnc(C)s3)c(C#N)cc21. The van der Waals surface area contributed by atoms with Gasteiger partial charge in [0.1, 0.15) is 0 Å². The maximum Gasteiger partial charge on any atom is 0.0999 e. The molecule has 1 aromatic carbocycles. The summed E-state index contributed by atoms with van der Waals surface area (Å²) in [5.74, 6) is 0. The molecule has 1 aromatic heterocycles. The van der Waals surface area contributed by atoms with Crippen molar-refractivity contribution in [3.63, 3.8) is 0 Å². The molecular formula is C17H20N4S. The van der Waals surface area contributed by atoms with Gasteiger partial charge < -0.3 is 5.01 Å². The van der Waals surface area contributed by atoms with Crippen LogP contribution >= 0.6 is 11.3 Å². The van der Waals surface area contributed by atoms with E-state index in [1.165, 1.54) is 5.56 Å². The second-order valence-electron chi connectivity index (χ2n) is 5.55. The van der Waals surface area contributed by atoms with Gasteiger partial charge in [0.15, 0.2) is 0 Å². The van der Waals surface area contributed by atoms with Crippen molar-refractivity contribution in [1.29, 1.82) is 5.26 Å². The fourth-order valence-electron chi connectivity index (χ4n) is 2.83. The lowest BCUT2D eigenvalue weighted by molar-refractivity contribution is 0.577. The number of aryl methyl sites for hydroxylation is 2. The Bertz CT molecular complexity index is 714. The Hall–Kier alpha value is -1.90. The van der Waals surface area contributed by atoms with Crippen molar-refractivity contribution in [2.45, 2.75) is 33.1 Å².